The third kappa shape index (κ3) is 4.15. The number of nitro groups is 1. The molecule has 0 spiro atoms. The van der Waals surface area contributed by atoms with E-state index in [1.165, 1.54) is 31.7 Å². The second-order valence-corrected chi connectivity index (χ2v) is 5.72. The number of likely N-dealkylation sites (tertiary alicyclic amines) is 1. The summed E-state index contributed by atoms with van der Waals surface area (Å²) in [6.07, 6.45) is 4.92. The number of nitrogens with two attached hydrogens (primary N) is 1. The molecule has 1 aromatic carbocycles. The van der Waals surface area contributed by atoms with Crippen molar-refractivity contribution in [2.45, 2.75) is 39.2 Å². The topological polar surface area (TPSA) is 84.4 Å². The predicted octanol–water partition coefficient (Wildman–Crippen LogP) is 2.89. The highest BCUT2D eigenvalue weighted by molar-refractivity contribution is 5.55. The molecule has 1 fully saturated rings. The Morgan fingerprint density at radius 1 is 1.43 bits per heavy atom. The minimum atomic E-state index is -0.362. The number of hydrogen-bond donors (Lipinski definition) is 2. The summed E-state index contributed by atoms with van der Waals surface area (Å²) in [7, 11) is 0. The maximum absolute atomic E-state index is 10.9. The van der Waals surface area contributed by atoms with Crippen LogP contribution in [0.3, 0.4) is 0 Å². The molecule has 2 rings (SSSR count). The largest absolute Gasteiger partial charge is 0.324 e. The molecule has 3 N–H and O–H groups in total. The Morgan fingerprint density at radius 2 is 2.24 bits per heavy atom. The van der Waals surface area contributed by atoms with Crippen LogP contribution in [-0.2, 0) is 6.54 Å². The summed E-state index contributed by atoms with van der Waals surface area (Å²) < 4.78 is 0. The molecule has 1 unspecified atom stereocenters. The van der Waals surface area contributed by atoms with Crippen LogP contribution in [-0.4, -0.2) is 22.9 Å². The smallest absolute Gasteiger partial charge is 0.269 e. The summed E-state index contributed by atoms with van der Waals surface area (Å²) in [6.45, 7) is 5.05. The molecular weight excluding hydrogens is 268 g/mol. The van der Waals surface area contributed by atoms with Crippen molar-refractivity contribution in [3.8, 4) is 0 Å². The number of nitrogens with one attached hydrogen (secondary N) is 1. The number of non-ortho nitro benzene ring substituents is 1. The Labute approximate surface area is 125 Å². The van der Waals surface area contributed by atoms with Crippen molar-refractivity contribution in [2.24, 2.45) is 11.8 Å². The maximum atomic E-state index is 10.9. The van der Waals surface area contributed by atoms with Gasteiger partial charge in [-0.2, -0.15) is 0 Å². The monoisotopic (exact) mass is 292 g/mol. The average Bonchev–Trinajstić information content (AvgIpc) is 2.72. The first-order valence-electron chi connectivity index (χ1n) is 7.60. The molecular formula is C15H24N4O2. The zero-order chi connectivity index (χ0) is 15.2. The summed E-state index contributed by atoms with van der Waals surface area (Å²) in [5.41, 5.74) is 4.41. The van der Waals surface area contributed by atoms with Gasteiger partial charge < -0.3 is 5.43 Å². The molecule has 1 saturated heterocycles. The van der Waals surface area contributed by atoms with Crippen molar-refractivity contribution < 1.29 is 4.92 Å². The van der Waals surface area contributed by atoms with Crippen molar-refractivity contribution in [1.29, 1.82) is 0 Å². The highest BCUT2D eigenvalue weighted by atomic mass is 16.6. The van der Waals surface area contributed by atoms with Crippen molar-refractivity contribution in [1.82, 2.24) is 4.90 Å². The molecule has 1 atom stereocenters. The molecule has 0 aliphatic carbocycles. The molecule has 6 heteroatoms. The average molecular weight is 292 g/mol. The van der Waals surface area contributed by atoms with E-state index in [1.807, 2.05) is 0 Å². The first-order valence-corrected chi connectivity index (χ1v) is 7.60. The second kappa shape index (κ2) is 7.38. The van der Waals surface area contributed by atoms with Gasteiger partial charge >= 0.3 is 0 Å². The summed E-state index contributed by atoms with van der Waals surface area (Å²) in [5.74, 6) is 6.33. The van der Waals surface area contributed by atoms with E-state index in [1.54, 1.807) is 12.1 Å². The minimum Gasteiger partial charge on any atom is -0.324 e. The van der Waals surface area contributed by atoms with Crippen molar-refractivity contribution in [3.05, 3.63) is 33.9 Å². The summed E-state index contributed by atoms with van der Waals surface area (Å²) in [5, 5.41) is 10.9. The van der Waals surface area contributed by atoms with Gasteiger partial charge in [-0.3, -0.25) is 20.9 Å². The standard InChI is InChI=1S/C15H24N4O2/c1-2-12-4-3-8-18(9-7-12)11-13-10-14(19(20)21)5-6-15(13)17-16/h5-6,10,12,17H,2-4,7-9,11,16H2,1H3. The number of nitro benzene ring substituents is 1. The third-order valence-corrected chi connectivity index (χ3v) is 4.37. The second-order valence-electron chi connectivity index (χ2n) is 5.72. The van der Waals surface area contributed by atoms with Gasteiger partial charge in [0.25, 0.3) is 5.69 Å². The van der Waals surface area contributed by atoms with Crippen molar-refractivity contribution in [3.63, 3.8) is 0 Å². The number of benzene rings is 1. The molecule has 1 heterocycles. The number of hydrogen-bond acceptors (Lipinski definition) is 5. The van der Waals surface area contributed by atoms with E-state index in [2.05, 4.69) is 17.2 Å². The van der Waals surface area contributed by atoms with E-state index >= 15 is 0 Å². The first kappa shape index (κ1) is 15.7. The van der Waals surface area contributed by atoms with Gasteiger partial charge in [0.1, 0.15) is 0 Å². The van der Waals surface area contributed by atoms with E-state index in [0.29, 0.717) is 6.54 Å². The van der Waals surface area contributed by atoms with Crippen LogP contribution >= 0.6 is 0 Å². The van der Waals surface area contributed by atoms with Crippen LogP contribution in [0, 0.1) is 16.0 Å². The fourth-order valence-corrected chi connectivity index (χ4v) is 3.00. The van der Waals surface area contributed by atoms with Crippen LogP contribution in [0.5, 0.6) is 0 Å². The van der Waals surface area contributed by atoms with Gasteiger partial charge in [-0.25, -0.2) is 0 Å². The van der Waals surface area contributed by atoms with Crippen LogP contribution in [0.15, 0.2) is 18.2 Å². The lowest BCUT2D eigenvalue weighted by Crippen LogP contribution is -2.25. The van der Waals surface area contributed by atoms with Gasteiger partial charge in [0.05, 0.1) is 10.6 Å². The lowest BCUT2D eigenvalue weighted by Gasteiger charge is -2.21. The molecule has 1 aliphatic rings. The van der Waals surface area contributed by atoms with E-state index in [0.717, 1.165) is 30.3 Å². The predicted molar refractivity (Wildman–Crippen MR) is 83.8 cm³/mol. The fourth-order valence-electron chi connectivity index (χ4n) is 3.00. The van der Waals surface area contributed by atoms with Gasteiger partial charge in [0.2, 0.25) is 0 Å². The molecule has 0 radical (unpaired) electrons. The summed E-state index contributed by atoms with van der Waals surface area (Å²) >= 11 is 0. The number of nitrogens with zero attached hydrogens (tertiary/aromatic N) is 2. The van der Waals surface area contributed by atoms with E-state index in [4.69, 9.17) is 5.84 Å². The van der Waals surface area contributed by atoms with Gasteiger partial charge in [-0.15, -0.1) is 0 Å². The highest BCUT2D eigenvalue weighted by Crippen LogP contribution is 2.25. The Bertz CT molecular complexity index is 493. The molecule has 0 amide bonds. The van der Waals surface area contributed by atoms with Crippen LogP contribution in [0.2, 0.25) is 0 Å². The molecule has 1 aliphatic heterocycles. The third-order valence-electron chi connectivity index (χ3n) is 4.37. The van der Waals surface area contributed by atoms with Crippen molar-refractivity contribution >= 4 is 11.4 Å². The Hall–Kier alpha value is -1.66. The lowest BCUT2D eigenvalue weighted by atomic mass is 9.98. The molecule has 1 aromatic rings. The first-order chi connectivity index (χ1) is 10.1. The SMILES string of the molecule is CCC1CCCN(Cc2cc([N+](=O)[O-])ccc2NN)CC1. The summed E-state index contributed by atoms with van der Waals surface area (Å²) in [6, 6.07) is 4.78. The number of nitrogen functional groups attached to an aromatic ring is 1. The molecule has 0 aromatic heterocycles. The Kier molecular flexibility index (Phi) is 5.52. The Balaban J connectivity index is 2.10. The van der Waals surface area contributed by atoms with E-state index in [-0.39, 0.29) is 10.6 Å². The summed E-state index contributed by atoms with van der Waals surface area (Å²) in [4.78, 5) is 12.9. The van der Waals surface area contributed by atoms with Crippen molar-refractivity contribution in [2.75, 3.05) is 18.5 Å². The quantitative estimate of drug-likeness (QED) is 0.495. The highest BCUT2D eigenvalue weighted by Gasteiger charge is 2.18. The zero-order valence-electron chi connectivity index (χ0n) is 12.5. The van der Waals surface area contributed by atoms with E-state index in [9.17, 15) is 10.1 Å². The number of anilines is 1. The van der Waals surface area contributed by atoms with Crippen LogP contribution < -0.4 is 11.3 Å². The normalized spacial score (nSPS) is 20.0. The zero-order valence-corrected chi connectivity index (χ0v) is 12.5. The van der Waals surface area contributed by atoms with Gasteiger partial charge in [0, 0.05) is 18.7 Å². The fraction of sp³-hybridized carbons (Fsp3) is 0.600. The molecule has 6 nitrogen and oxygen atoms in total. The number of rotatable bonds is 5. The van der Waals surface area contributed by atoms with Crippen LogP contribution in [0.4, 0.5) is 11.4 Å². The minimum absolute atomic E-state index is 0.116. The van der Waals surface area contributed by atoms with Gasteiger partial charge in [0.15, 0.2) is 0 Å². The molecule has 116 valence electrons. The van der Waals surface area contributed by atoms with Gasteiger partial charge in [-0.1, -0.05) is 13.3 Å². The van der Waals surface area contributed by atoms with Crippen LogP contribution in [0.25, 0.3) is 0 Å². The van der Waals surface area contributed by atoms with E-state index < -0.39 is 0 Å². The molecule has 0 saturated carbocycles. The maximum Gasteiger partial charge on any atom is 0.269 e. The number of hydrazine groups is 1. The van der Waals surface area contributed by atoms with Crippen LogP contribution in [0.1, 0.15) is 38.2 Å². The van der Waals surface area contributed by atoms with Gasteiger partial charge in [-0.05, 0) is 49.9 Å². The lowest BCUT2D eigenvalue weighted by molar-refractivity contribution is -0.384. The Morgan fingerprint density at radius 3 is 2.90 bits per heavy atom. The molecule has 21 heavy (non-hydrogen) atoms. The molecule has 0 bridgehead atoms.